The molecule has 2 N–H and O–H groups in total. The lowest BCUT2D eigenvalue weighted by molar-refractivity contribution is 0.181. The zero-order chi connectivity index (χ0) is 21.3. The van der Waals surface area contributed by atoms with E-state index in [1.54, 1.807) is 6.26 Å². The van der Waals surface area contributed by atoms with Gasteiger partial charge in [0.05, 0.1) is 25.5 Å². The van der Waals surface area contributed by atoms with Crippen LogP contribution in [-0.2, 0) is 6.42 Å². The van der Waals surface area contributed by atoms with E-state index in [2.05, 4.69) is 55.4 Å². The molecule has 1 atom stereocenters. The smallest absolute Gasteiger partial charge is 0.191 e. The maximum absolute atomic E-state index is 5.81. The number of furan rings is 1. The van der Waals surface area contributed by atoms with Crippen LogP contribution in [0.2, 0.25) is 0 Å². The molecule has 0 saturated carbocycles. The van der Waals surface area contributed by atoms with Crippen molar-refractivity contribution in [2.75, 3.05) is 26.2 Å². The van der Waals surface area contributed by atoms with Gasteiger partial charge in [-0.15, -0.1) is 24.0 Å². The van der Waals surface area contributed by atoms with Gasteiger partial charge < -0.3 is 19.8 Å². The Labute approximate surface area is 203 Å². The van der Waals surface area contributed by atoms with E-state index in [1.807, 2.05) is 24.3 Å². The predicted octanol–water partition coefficient (Wildman–Crippen LogP) is 4.62. The topological polar surface area (TPSA) is 62.0 Å². The number of nitrogens with one attached hydrogen (secondary N) is 2. The van der Waals surface area contributed by atoms with E-state index in [1.165, 1.54) is 5.56 Å². The van der Waals surface area contributed by atoms with Crippen molar-refractivity contribution < 1.29 is 9.15 Å². The summed E-state index contributed by atoms with van der Waals surface area (Å²) in [5.41, 5.74) is 1.19. The van der Waals surface area contributed by atoms with E-state index < -0.39 is 0 Å². The van der Waals surface area contributed by atoms with Crippen molar-refractivity contribution in [3.8, 4) is 5.75 Å². The largest absolute Gasteiger partial charge is 0.493 e. The summed E-state index contributed by atoms with van der Waals surface area (Å²) < 4.78 is 11.3. The van der Waals surface area contributed by atoms with Gasteiger partial charge in [0.15, 0.2) is 5.96 Å². The summed E-state index contributed by atoms with van der Waals surface area (Å²) in [6, 6.07) is 13.4. The zero-order valence-electron chi connectivity index (χ0n) is 19.1. The minimum atomic E-state index is 0. The average Bonchev–Trinajstić information content (AvgIpc) is 3.24. The van der Waals surface area contributed by atoms with E-state index in [9.17, 15) is 0 Å². The normalized spacial score (nSPS) is 16.1. The number of benzene rings is 1. The molecule has 7 heteroatoms. The number of aliphatic imine (C=N–C) groups is 1. The molecule has 0 spiro atoms. The third-order valence-corrected chi connectivity index (χ3v) is 5.47. The van der Waals surface area contributed by atoms with Gasteiger partial charge in [0.25, 0.3) is 0 Å². The van der Waals surface area contributed by atoms with Crippen molar-refractivity contribution in [1.29, 1.82) is 0 Å². The van der Waals surface area contributed by atoms with Crippen LogP contribution in [0.1, 0.15) is 51.5 Å². The second kappa shape index (κ2) is 13.0. The van der Waals surface area contributed by atoms with Crippen molar-refractivity contribution in [3.63, 3.8) is 0 Å². The minimum Gasteiger partial charge on any atom is -0.493 e. The van der Waals surface area contributed by atoms with E-state index in [-0.39, 0.29) is 30.0 Å². The van der Waals surface area contributed by atoms with Crippen LogP contribution in [0.4, 0.5) is 0 Å². The SMILES string of the molecule is CC(C)N(CCN=C(NCCc1ccco1)NC1CCOc2ccccc21)C(C)C.I. The van der Waals surface area contributed by atoms with Crippen LogP contribution in [0.15, 0.2) is 52.1 Å². The van der Waals surface area contributed by atoms with Gasteiger partial charge in [-0.2, -0.15) is 0 Å². The molecular weight excluding hydrogens is 503 g/mol. The second-order valence-corrected chi connectivity index (χ2v) is 8.28. The molecule has 0 saturated heterocycles. The summed E-state index contributed by atoms with van der Waals surface area (Å²) >= 11 is 0. The first-order chi connectivity index (χ1) is 14.5. The van der Waals surface area contributed by atoms with Gasteiger partial charge in [-0.1, -0.05) is 18.2 Å². The number of guanidine groups is 1. The molecule has 1 aromatic heterocycles. The monoisotopic (exact) mass is 540 g/mol. The van der Waals surface area contributed by atoms with Crippen molar-refractivity contribution in [2.45, 2.75) is 58.7 Å². The van der Waals surface area contributed by atoms with Crippen LogP contribution in [0.5, 0.6) is 5.75 Å². The highest BCUT2D eigenvalue weighted by Crippen LogP contribution is 2.31. The molecule has 172 valence electrons. The Morgan fingerprint density at radius 2 is 1.90 bits per heavy atom. The maximum Gasteiger partial charge on any atom is 0.191 e. The summed E-state index contributed by atoms with van der Waals surface area (Å²) in [6.45, 7) is 12.1. The van der Waals surface area contributed by atoms with Crippen molar-refractivity contribution in [2.24, 2.45) is 4.99 Å². The number of rotatable bonds is 9. The Balaban J connectivity index is 0.00000341. The standard InChI is InChI=1S/C24H36N4O2.HI/c1-18(2)28(19(3)4)15-14-26-24(25-13-11-20-8-7-16-29-20)27-22-12-17-30-23-10-6-5-9-21(22)23;/h5-10,16,18-19,22H,11-15,17H2,1-4H3,(H2,25,26,27);1H. The Morgan fingerprint density at radius 3 is 2.61 bits per heavy atom. The highest BCUT2D eigenvalue weighted by Gasteiger charge is 2.22. The summed E-state index contributed by atoms with van der Waals surface area (Å²) in [6.07, 6.45) is 3.45. The van der Waals surface area contributed by atoms with Gasteiger partial charge in [-0.3, -0.25) is 9.89 Å². The highest BCUT2D eigenvalue weighted by molar-refractivity contribution is 14.0. The summed E-state index contributed by atoms with van der Waals surface area (Å²) in [5.74, 6) is 2.78. The van der Waals surface area contributed by atoms with Crippen LogP contribution in [0.25, 0.3) is 0 Å². The summed E-state index contributed by atoms with van der Waals surface area (Å²) in [4.78, 5) is 7.36. The Morgan fingerprint density at radius 1 is 1.13 bits per heavy atom. The van der Waals surface area contributed by atoms with E-state index in [0.29, 0.717) is 18.7 Å². The third-order valence-electron chi connectivity index (χ3n) is 5.47. The molecule has 1 aliphatic rings. The number of hydrogen-bond donors (Lipinski definition) is 2. The van der Waals surface area contributed by atoms with Gasteiger partial charge in [-0.25, -0.2) is 0 Å². The minimum absolute atomic E-state index is 0. The quantitative estimate of drug-likeness (QED) is 0.276. The lowest BCUT2D eigenvalue weighted by Crippen LogP contribution is -2.43. The number of para-hydroxylation sites is 1. The van der Waals surface area contributed by atoms with Crippen LogP contribution in [-0.4, -0.2) is 49.2 Å². The fraction of sp³-hybridized carbons (Fsp3) is 0.542. The van der Waals surface area contributed by atoms with Gasteiger partial charge in [0.2, 0.25) is 0 Å². The lowest BCUT2D eigenvalue weighted by atomic mass is 10.0. The molecular formula is C24H37IN4O2. The Kier molecular flexibility index (Phi) is 10.7. The predicted molar refractivity (Wildman–Crippen MR) is 138 cm³/mol. The molecule has 2 heterocycles. The first kappa shape index (κ1) is 25.5. The highest BCUT2D eigenvalue weighted by atomic mass is 127. The number of halogens is 1. The molecule has 1 aromatic carbocycles. The van der Waals surface area contributed by atoms with E-state index in [4.69, 9.17) is 14.1 Å². The maximum atomic E-state index is 5.81. The molecule has 6 nitrogen and oxygen atoms in total. The lowest BCUT2D eigenvalue weighted by Gasteiger charge is -2.30. The molecule has 0 aliphatic carbocycles. The van der Waals surface area contributed by atoms with E-state index >= 15 is 0 Å². The van der Waals surface area contributed by atoms with Crippen LogP contribution >= 0.6 is 24.0 Å². The molecule has 3 rings (SSSR count). The van der Waals surface area contributed by atoms with Gasteiger partial charge in [0, 0.05) is 43.6 Å². The number of ether oxygens (including phenoxy) is 1. The number of hydrogen-bond acceptors (Lipinski definition) is 4. The fourth-order valence-electron chi connectivity index (χ4n) is 3.96. The molecule has 2 aromatic rings. The van der Waals surface area contributed by atoms with Crippen LogP contribution in [0.3, 0.4) is 0 Å². The summed E-state index contributed by atoms with van der Waals surface area (Å²) in [5, 5.41) is 7.12. The van der Waals surface area contributed by atoms with Gasteiger partial charge in [0.1, 0.15) is 11.5 Å². The first-order valence-electron chi connectivity index (χ1n) is 11.1. The molecule has 31 heavy (non-hydrogen) atoms. The molecule has 0 bridgehead atoms. The second-order valence-electron chi connectivity index (χ2n) is 8.28. The fourth-order valence-corrected chi connectivity index (χ4v) is 3.96. The molecule has 0 radical (unpaired) electrons. The first-order valence-corrected chi connectivity index (χ1v) is 11.1. The number of fused-ring (bicyclic) bond motifs is 1. The van der Waals surface area contributed by atoms with Crippen molar-refractivity contribution >= 4 is 29.9 Å². The van der Waals surface area contributed by atoms with Crippen LogP contribution < -0.4 is 15.4 Å². The van der Waals surface area contributed by atoms with Crippen LogP contribution in [0, 0.1) is 0 Å². The van der Waals surface area contributed by atoms with Gasteiger partial charge >= 0.3 is 0 Å². The Hall–Kier alpha value is -1.74. The zero-order valence-corrected chi connectivity index (χ0v) is 21.5. The molecule has 0 amide bonds. The van der Waals surface area contributed by atoms with Crippen molar-refractivity contribution in [1.82, 2.24) is 15.5 Å². The average molecular weight is 540 g/mol. The number of nitrogens with zero attached hydrogens (tertiary/aromatic N) is 2. The molecule has 1 unspecified atom stereocenters. The Bertz CT molecular complexity index is 785. The van der Waals surface area contributed by atoms with E-state index in [0.717, 1.165) is 49.9 Å². The third kappa shape index (κ3) is 7.71. The summed E-state index contributed by atoms with van der Waals surface area (Å²) in [7, 11) is 0. The molecule has 1 aliphatic heterocycles. The van der Waals surface area contributed by atoms with Gasteiger partial charge in [-0.05, 0) is 45.9 Å². The van der Waals surface area contributed by atoms with Crippen molar-refractivity contribution in [3.05, 3.63) is 54.0 Å². The molecule has 0 fully saturated rings.